The monoisotopic (exact) mass is 630 g/mol. The van der Waals surface area contributed by atoms with Crippen LogP contribution in [0.1, 0.15) is 61.9 Å². The first-order chi connectivity index (χ1) is 20.9. The largest absolute Gasteiger partial charge is 0.390 e. The highest BCUT2D eigenvalue weighted by molar-refractivity contribution is 7.92. The Morgan fingerprint density at radius 3 is 2.39 bits per heavy atom. The van der Waals surface area contributed by atoms with Crippen LogP contribution >= 0.6 is 0 Å². The van der Waals surface area contributed by atoms with E-state index in [1.54, 1.807) is 24.1 Å². The van der Waals surface area contributed by atoms with E-state index in [2.05, 4.69) is 14.9 Å². The minimum absolute atomic E-state index is 0.0210. The maximum absolute atomic E-state index is 13.9. The minimum Gasteiger partial charge on any atom is -0.390 e. The van der Waals surface area contributed by atoms with Gasteiger partial charge in [-0.15, -0.1) is 0 Å². The third-order valence-corrected chi connectivity index (χ3v) is 10.3. The van der Waals surface area contributed by atoms with Crippen LogP contribution in [0.3, 0.4) is 0 Å². The number of ether oxygens (including phenoxy) is 1. The molecule has 1 aliphatic carbocycles. The number of carbonyl (C=O) groups is 2. The second-order valence-corrected chi connectivity index (χ2v) is 14.4. The standard InChI is InChI=1S/C31H46N6O6S/c1-21-26(22(2)37(33-21)25-12-10-24(11-13-25)34-44(4,41)42)20-35-16-14-31(15-17-35)30(40)32-27(29(39)36(31)18-19-43-3)28(38)23-8-6-5-7-9-23/h10-13,23,27-28,34,38H,5-9,14-20H2,1-4H3,(H,32,40)/t27-,28-/m1/s1. The summed E-state index contributed by atoms with van der Waals surface area (Å²) >= 11 is 0. The van der Waals surface area contributed by atoms with Crippen molar-refractivity contribution < 1.29 is 27.9 Å². The van der Waals surface area contributed by atoms with E-state index in [4.69, 9.17) is 9.84 Å². The maximum Gasteiger partial charge on any atom is 0.248 e. The molecule has 12 nitrogen and oxygen atoms in total. The van der Waals surface area contributed by atoms with Crippen LogP contribution < -0.4 is 10.0 Å². The molecule has 1 saturated carbocycles. The van der Waals surface area contributed by atoms with Crippen molar-refractivity contribution in [1.29, 1.82) is 0 Å². The fourth-order valence-corrected chi connectivity index (χ4v) is 7.73. The van der Waals surface area contributed by atoms with Crippen molar-refractivity contribution in [3.8, 4) is 5.69 Å². The molecule has 5 rings (SSSR count). The first-order valence-electron chi connectivity index (χ1n) is 15.6. The summed E-state index contributed by atoms with van der Waals surface area (Å²) in [5.74, 6) is -0.367. The van der Waals surface area contributed by atoms with Gasteiger partial charge in [0, 0.05) is 50.2 Å². The number of rotatable bonds is 10. The molecule has 13 heteroatoms. The summed E-state index contributed by atoms with van der Waals surface area (Å²) < 4.78 is 32.8. The zero-order valence-electron chi connectivity index (χ0n) is 26.2. The van der Waals surface area contributed by atoms with Gasteiger partial charge in [-0.05, 0) is 69.7 Å². The molecule has 1 spiro atoms. The summed E-state index contributed by atoms with van der Waals surface area (Å²) in [6.45, 7) is 6.51. The number of nitrogens with one attached hydrogen (secondary N) is 2. The van der Waals surface area contributed by atoms with Crippen LogP contribution in [0.4, 0.5) is 5.69 Å². The molecule has 2 aliphatic heterocycles. The van der Waals surface area contributed by atoms with E-state index in [1.807, 2.05) is 30.7 Å². The normalized spacial score (nSPS) is 22.3. The first-order valence-corrected chi connectivity index (χ1v) is 17.5. The summed E-state index contributed by atoms with van der Waals surface area (Å²) in [5, 5.41) is 18.9. The summed E-state index contributed by atoms with van der Waals surface area (Å²) in [6, 6.07) is 6.15. The number of piperidine rings is 1. The Kier molecular flexibility index (Phi) is 9.69. The van der Waals surface area contributed by atoms with Gasteiger partial charge >= 0.3 is 0 Å². The second-order valence-electron chi connectivity index (χ2n) is 12.6. The average Bonchev–Trinajstić information content (AvgIpc) is 3.28. The third kappa shape index (κ3) is 6.65. The number of aryl methyl sites for hydroxylation is 1. The van der Waals surface area contributed by atoms with E-state index in [0.29, 0.717) is 51.3 Å². The van der Waals surface area contributed by atoms with Crippen LogP contribution in [0.15, 0.2) is 24.3 Å². The van der Waals surface area contributed by atoms with E-state index in [1.165, 1.54) is 0 Å². The van der Waals surface area contributed by atoms with Gasteiger partial charge in [-0.1, -0.05) is 19.3 Å². The Hall–Kier alpha value is -3.00. The number of aliphatic hydroxyl groups is 1. The lowest BCUT2D eigenvalue weighted by Gasteiger charge is -2.52. The van der Waals surface area contributed by atoms with Gasteiger partial charge in [0.05, 0.1) is 30.3 Å². The van der Waals surface area contributed by atoms with Crippen molar-refractivity contribution in [3.05, 3.63) is 41.2 Å². The Bertz CT molecular complexity index is 1440. The van der Waals surface area contributed by atoms with Gasteiger partial charge in [-0.2, -0.15) is 5.10 Å². The van der Waals surface area contributed by atoms with Crippen molar-refractivity contribution >= 4 is 27.5 Å². The number of carbonyl (C=O) groups excluding carboxylic acids is 2. The molecule has 2 amide bonds. The van der Waals surface area contributed by atoms with Gasteiger partial charge in [0.2, 0.25) is 21.8 Å². The molecule has 3 fully saturated rings. The van der Waals surface area contributed by atoms with E-state index in [-0.39, 0.29) is 17.7 Å². The number of likely N-dealkylation sites (tertiary alicyclic amines) is 1. The van der Waals surface area contributed by atoms with Crippen molar-refractivity contribution in [3.63, 3.8) is 0 Å². The van der Waals surface area contributed by atoms with Gasteiger partial charge in [0.1, 0.15) is 11.6 Å². The molecule has 242 valence electrons. The molecule has 1 aromatic heterocycles. The Labute approximate surface area is 260 Å². The molecular formula is C31H46N6O6S. The number of sulfonamides is 1. The number of benzene rings is 1. The molecule has 0 unspecified atom stereocenters. The fourth-order valence-electron chi connectivity index (χ4n) is 7.17. The van der Waals surface area contributed by atoms with Crippen LogP contribution in [-0.2, 0) is 30.9 Å². The number of hydrogen-bond donors (Lipinski definition) is 3. The molecule has 3 heterocycles. The van der Waals surface area contributed by atoms with Gasteiger partial charge in [0.25, 0.3) is 0 Å². The molecule has 2 saturated heterocycles. The molecular weight excluding hydrogens is 584 g/mol. The summed E-state index contributed by atoms with van der Waals surface area (Å²) in [7, 11) is -1.77. The van der Waals surface area contributed by atoms with Crippen LogP contribution in [0, 0.1) is 19.8 Å². The number of aliphatic hydroxyl groups excluding tert-OH is 1. The van der Waals surface area contributed by atoms with Crippen LogP contribution in [-0.4, -0.2) is 102 Å². The van der Waals surface area contributed by atoms with Gasteiger partial charge in [0.15, 0.2) is 0 Å². The molecule has 0 bridgehead atoms. The highest BCUT2D eigenvalue weighted by atomic mass is 32.2. The minimum atomic E-state index is -3.36. The average molecular weight is 631 g/mol. The zero-order valence-corrected chi connectivity index (χ0v) is 27.0. The van der Waals surface area contributed by atoms with E-state index < -0.39 is 27.7 Å². The summed E-state index contributed by atoms with van der Waals surface area (Å²) in [4.78, 5) is 31.6. The number of piperazine rings is 1. The van der Waals surface area contributed by atoms with Crippen LogP contribution in [0.2, 0.25) is 0 Å². The van der Waals surface area contributed by atoms with Crippen molar-refractivity contribution in [2.24, 2.45) is 5.92 Å². The van der Waals surface area contributed by atoms with Crippen molar-refractivity contribution in [1.82, 2.24) is 24.9 Å². The Morgan fingerprint density at radius 1 is 1.11 bits per heavy atom. The maximum atomic E-state index is 13.9. The van der Waals surface area contributed by atoms with E-state index in [9.17, 15) is 23.1 Å². The lowest BCUT2D eigenvalue weighted by Crippen LogP contribution is -2.75. The predicted octanol–water partition coefficient (Wildman–Crippen LogP) is 2.11. The lowest BCUT2D eigenvalue weighted by atomic mass is 9.78. The number of nitrogens with zero attached hydrogens (tertiary/aromatic N) is 4. The molecule has 0 radical (unpaired) electrons. The number of methoxy groups -OCH3 is 1. The number of hydrogen-bond acceptors (Lipinski definition) is 8. The molecule has 3 N–H and O–H groups in total. The topological polar surface area (TPSA) is 146 Å². The molecule has 2 aromatic rings. The molecule has 2 atom stereocenters. The lowest BCUT2D eigenvalue weighted by molar-refractivity contribution is -0.166. The first kappa shape index (κ1) is 32.4. The van der Waals surface area contributed by atoms with E-state index in [0.717, 1.165) is 61.0 Å². The van der Waals surface area contributed by atoms with Gasteiger partial charge < -0.3 is 20.1 Å². The smallest absolute Gasteiger partial charge is 0.248 e. The van der Waals surface area contributed by atoms with Crippen molar-refractivity contribution in [2.45, 2.75) is 83.0 Å². The quantitative estimate of drug-likeness (QED) is 0.362. The number of anilines is 1. The highest BCUT2D eigenvalue weighted by Crippen LogP contribution is 2.36. The van der Waals surface area contributed by atoms with Gasteiger partial charge in [-0.3, -0.25) is 19.2 Å². The number of amides is 2. The number of aromatic nitrogens is 2. The summed E-state index contributed by atoms with van der Waals surface area (Å²) in [6.07, 6.45) is 6.18. The molecule has 1 aromatic carbocycles. The Morgan fingerprint density at radius 2 is 1.77 bits per heavy atom. The SMILES string of the molecule is COCCN1C(=O)[C@@H]([C@H](O)C2CCCCC2)NC(=O)C12CCN(Cc1c(C)nn(-c3ccc(NS(C)(=O)=O)cc3)c1C)CC2. The summed E-state index contributed by atoms with van der Waals surface area (Å²) in [5.41, 5.74) is 3.32. The Balaban J connectivity index is 1.28. The molecule has 3 aliphatic rings. The highest BCUT2D eigenvalue weighted by Gasteiger charge is 2.55. The van der Waals surface area contributed by atoms with E-state index >= 15 is 0 Å². The van der Waals surface area contributed by atoms with Crippen molar-refractivity contribution in [2.75, 3.05) is 44.3 Å². The zero-order chi connectivity index (χ0) is 31.6. The molecule has 44 heavy (non-hydrogen) atoms. The van der Waals surface area contributed by atoms with Crippen LogP contribution in [0.5, 0.6) is 0 Å². The second kappa shape index (κ2) is 13.2. The van der Waals surface area contributed by atoms with Crippen LogP contribution in [0.25, 0.3) is 5.69 Å². The predicted molar refractivity (Wildman–Crippen MR) is 167 cm³/mol. The van der Waals surface area contributed by atoms with Gasteiger partial charge in [-0.25, -0.2) is 13.1 Å². The third-order valence-electron chi connectivity index (χ3n) is 9.67. The fraction of sp³-hybridized carbons (Fsp3) is 0.645.